The number of hydrogen-bond donors (Lipinski definition) is 2. The Kier molecular flexibility index (Phi) is 4.77. The molecule has 0 aliphatic rings. The third-order valence-corrected chi connectivity index (χ3v) is 2.94. The number of benzene rings is 2. The lowest BCUT2D eigenvalue weighted by Gasteiger charge is -2.13. The highest BCUT2D eigenvalue weighted by Gasteiger charge is 2.19. The van der Waals surface area contributed by atoms with Crippen LogP contribution in [0, 0.1) is 23.3 Å². The number of carbonyl (C=O) groups is 1. The van der Waals surface area contributed by atoms with Crippen LogP contribution in [-0.2, 0) is 0 Å². The number of hydrogen-bond acceptors (Lipinski definition) is 2. The lowest BCUT2D eigenvalue weighted by molar-refractivity contribution is 0.0907. The molecule has 7 heteroatoms. The van der Waals surface area contributed by atoms with Gasteiger partial charge in [-0.2, -0.15) is 0 Å². The minimum Gasteiger partial charge on any atom is -0.387 e. The highest BCUT2D eigenvalue weighted by Crippen LogP contribution is 2.16. The van der Waals surface area contributed by atoms with E-state index in [0.29, 0.717) is 17.7 Å². The Balaban J connectivity index is 2.05. The second kappa shape index (κ2) is 6.57. The summed E-state index contributed by atoms with van der Waals surface area (Å²) in [5.41, 5.74) is -0.616. The zero-order valence-corrected chi connectivity index (χ0v) is 11.1. The summed E-state index contributed by atoms with van der Waals surface area (Å²) in [7, 11) is 0. The fourth-order valence-corrected chi connectivity index (χ4v) is 1.84. The maximum absolute atomic E-state index is 13.4. The van der Waals surface area contributed by atoms with Crippen LogP contribution in [0.4, 0.5) is 17.6 Å². The molecule has 2 rings (SSSR count). The third-order valence-electron chi connectivity index (χ3n) is 2.94. The average Bonchev–Trinajstić information content (AvgIpc) is 2.44. The summed E-state index contributed by atoms with van der Waals surface area (Å²) >= 11 is 0. The van der Waals surface area contributed by atoms with Crippen LogP contribution in [0.2, 0.25) is 0 Å². The van der Waals surface area contributed by atoms with E-state index in [0.717, 1.165) is 12.1 Å². The van der Waals surface area contributed by atoms with E-state index in [1.54, 1.807) is 0 Å². The van der Waals surface area contributed by atoms with Gasteiger partial charge in [-0.25, -0.2) is 17.6 Å². The maximum Gasteiger partial charge on any atom is 0.257 e. The molecule has 0 aromatic heterocycles. The van der Waals surface area contributed by atoms with Gasteiger partial charge < -0.3 is 10.4 Å². The van der Waals surface area contributed by atoms with Crippen molar-refractivity contribution in [1.29, 1.82) is 0 Å². The van der Waals surface area contributed by atoms with Gasteiger partial charge in [-0.3, -0.25) is 4.79 Å². The molecule has 0 fully saturated rings. The Morgan fingerprint density at radius 1 is 1.00 bits per heavy atom. The number of halogens is 4. The van der Waals surface area contributed by atoms with Crippen LogP contribution >= 0.6 is 0 Å². The largest absolute Gasteiger partial charge is 0.387 e. The quantitative estimate of drug-likeness (QED) is 0.853. The maximum atomic E-state index is 13.4. The standard InChI is InChI=1S/C15H11F4NO2/c16-9-3-1-8(2-4-9)13(21)7-20-15(22)14-11(18)5-10(17)6-12(14)19/h1-6,13,21H,7H2,(H,20,22). The molecule has 0 aliphatic carbocycles. The third kappa shape index (κ3) is 3.62. The minimum absolute atomic E-state index is 0.321. The van der Waals surface area contributed by atoms with Crippen molar-refractivity contribution in [3.8, 4) is 0 Å². The van der Waals surface area contributed by atoms with E-state index in [2.05, 4.69) is 5.32 Å². The fourth-order valence-electron chi connectivity index (χ4n) is 1.84. The van der Waals surface area contributed by atoms with E-state index < -0.39 is 40.8 Å². The van der Waals surface area contributed by atoms with Gasteiger partial charge in [0, 0.05) is 18.7 Å². The minimum atomic E-state index is -1.34. The summed E-state index contributed by atoms with van der Waals surface area (Å²) < 4.78 is 52.3. The van der Waals surface area contributed by atoms with Crippen LogP contribution < -0.4 is 5.32 Å². The molecular formula is C15H11F4NO2. The molecular weight excluding hydrogens is 302 g/mol. The highest BCUT2D eigenvalue weighted by molar-refractivity contribution is 5.94. The summed E-state index contributed by atoms with van der Waals surface area (Å²) in [5, 5.41) is 11.9. The van der Waals surface area contributed by atoms with Crippen molar-refractivity contribution in [3.05, 3.63) is 70.8 Å². The molecule has 22 heavy (non-hydrogen) atoms. The Morgan fingerprint density at radius 2 is 1.55 bits per heavy atom. The van der Waals surface area contributed by atoms with Crippen LogP contribution in [-0.4, -0.2) is 17.6 Å². The Bertz CT molecular complexity index is 665. The van der Waals surface area contributed by atoms with E-state index in [9.17, 15) is 27.5 Å². The first-order chi connectivity index (χ1) is 10.4. The topological polar surface area (TPSA) is 49.3 Å². The molecule has 2 aromatic carbocycles. The van der Waals surface area contributed by atoms with Crippen LogP contribution in [0.25, 0.3) is 0 Å². The van der Waals surface area contributed by atoms with Crippen LogP contribution in [0.1, 0.15) is 22.0 Å². The number of amides is 1. The number of nitrogens with one attached hydrogen (secondary N) is 1. The van der Waals surface area contributed by atoms with Crippen LogP contribution in [0.5, 0.6) is 0 Å². The smallest absolute Gasteiger partial charge is 0.257 e. The summed E-state index contributed by atoms with van der Waals surface area (Å²) in [6, 6.07) is 5.64. The average molecular weight is 313 g/mol. The summed E-state index contributed by atoms with van der Waals surface area (Å²) in [6.07, 6.45) is -1.18. The number of rotatable bonds is 4. The van der Waals surface area contributed by atoms with Gasteiger partial charge in [0.15, 0.2) is 0 Å². The first-order valence-corrected chi connectivity index (χ1v) is 6.24. The molecule has 1 atom stereocenters. The molecule has 0 saturated heterocycles. The highest BCUT2D eigenvalue weighted by atomic mass is 19.1. The van der Waals surface area contributed by atoms with Crippen molar-refractivity contribution >= 4 is 5.91 Å². The lowest BCUT2D eigenvalue weighted by Crippen LogP contribution is -2.30. The monoisotopic (exact) mass is 313 g/mol. The van der Waals surface area contributed by atoms with Crippen molar-refractivity contribution in [3.63, 3.8) is 0 Å². The molecule has 0 spiro atoms. The molecule has 0 bridgehead atoms. The van der Waals surface area contributed by atoms with Crippen molar-refractivity contribution in [1.82, 2.24) is 5.32 Å². The number of aliphatic hydroxyl groups excluding tert-OH is 1. The predicted octanol–water partition coefficient (Wildman–Crippen LogP) is 2.71. The van der Waals surface area contributed by atoms with Gasteiger partial charge in [0.2, 0.25) is 0 Å². The second-order valence-corrected chi connectivity index (χ2v) is 4.52. The van der Waals surface area contributed by atoms with E-state index in [1.807, 2.05) is 0 Å². The van der Waals surface area contributed by atoms with Gasteiger partial charge in [-0.1, -0.05) is 12.1 Å². The van der Waals surface area contributed by atoms with Crippen molar-refractivity contribution in [2.24, 2.45) is 0 Å². The lowest BCUT2D eigenvalue weighted by atomic mass is 10.1. The molecule has 2 N–H and O–H groups in total. The van der Waals surface area contributed by atoms with E-state index >= 15 is 0 Å². The van der Waals surface area contributed by atoms with E-state index in [4.69, 9.17) is 0 Å². The Labute approximate surface area is 123 Å². The Morgan fingerprint density at radius 3 is 2.09 bits per heavy atom. The second-order valence-electron chi connectivity index (χ2n) is 4.52. The first kappa shape index (κ1) is 16.0. The SMILES string of the molecule is O=C(NCC(O)c1ccc(F)cc1)c1c(F)cc(F)cc1F. The molecule has 1 unspecified atom stereocenters. The summed E-state index contributed by atoms with van der Waals surface area (Å²) in [4.78, 5) is 11.7. The fraction of sp³-hybridized carbons (Fsp3) is 0.133. The molecule has 1 amide bonds. The van der Waals surface area contributed by atoms with Crippen LogP contribution in [0.3, 0.4) is 0 Å². The molecule has 0 radical (unpaired) electrons. The van der Waals surface area contributed by atoms with E-state index in [1.165, 1.54) is 12.1 Å². The summed E-state index contributed by atoms with van der Waals surface area (Å²) in [6.45, 7) is -0.347. The van der Waals surface area contributed by atoms with Crippen LogP contribution in [0.15, 0.2) is 36.4 Å². The van der Waals surface area contributed by atoms with Crippen molar-refractivity contribution in [2.45, 2.75) is 6.10 Å². The molecule has 0 saturated carbocycles. The number of carbonyl (C=O) groups excluding carboxylic acids is 1. The van der Waals surface area contributed by atoms with E-state index in [-0.39, 0.29) is 6.54 Å². The van der Waals surface area contributed by atoms with Gasteiger partial charge in [0.25, 0.3) is 5.91 Å². The first-order valence-electron chi connectivity index (χ1n) is 6.24. The predicted molar refractivity (Wildman–Crippen MR) is 70.0 cm³/mol. The summed E-state index contributed by atoms with van der Waals surface area (Å²) in [5.74, 6) is -5.44. The van der Waals surface area contributed by atoms with Gasteiger partial charge in [0.1, 0.15) is 28.8 Å². The molecule has 116 valence electrons. The molecule has 3 nitrogen and oxygen atoms in total. The van der Waals surface area contributed by atoms with Gasteiger partial charge in [-0.15, -0.1) is 0 Å². The number of aliphatic hydroxyl groups is 1. The normalized spacial score (nSPS) is 12.0. The van der Waals surface area contributed by atoms with Crippen molar-refractivity contribution in [2.75, 3.05) is 6.54 Å². The van der Waals surface area contributed by atoms with Gasteiger partial charge >= 0.3 is 0 Å². The zero-order valence-electron chi connectivity index (χ0n) is 11.1. The van der Waals surface area contributed by atoms with Gasteiger partial charge in [0.05, 0.1) is 6.10 Å². The zero-order chi connectivity index (χ0) is 16.3. The Hall–Kier alpha value is -2.41. The molecule has 0 heterocycles. The van der Waals surface area contributed by atoms with Crippen molar-refractivity contribution < 1.29 is 27.5 Å². The van der Waals surface area contributed by atoms with Gasteiger partial charge in [-0.05, 0) is 17.7 Å². The molecule has 0 aliphatic heterocycles. The molecule has 2 aromatic rings.